The highest BCUT2D eigenvalue weighted by Crippen LogP contribution is 2.33. The van der Waals surface area contributed by atoms with E-state index >= 15 is 0 Å². The molecule has 0 saturated carbocycles. The standard InChI is InChI=1S/C20H21ClN4O4S2/c1-13-17(31(27,28)22-12-14-7-3-4-8-15(14)21)11-16(30-13)18-23-24-19(29-18)20(26)25-9-5-2-6-10-25/h3-4,7-8,11,22H,2,5-6,9-10,12H2,1H3. The second-order valence-electron chi connectivity index (χ2n) is 7.21. The van der Waals surface area contributed by atoms with Crippen LogP contribution in [0.1, 0.15) is 40.4 Å². The first-order valence-corrected chi connectivity index (χ1v) is 12.5. The number of aryl methyl sites for hydroxylation is 1. The first-order chi connectivity index (χ1) is 14.8. The summed E-state index contributed by atoms with van der Waals surface area (Å²) in [7, 11) is -3.78. The van der Waals surface area contributed by atoms with Gasteiger partial charge in [-0.2, -0.15) is 0 Å². The van der Waals surface area contributed by atoms with Crippen LogP contribution >= 0.6 is 22.9 Å². The highest BCUT2D eigenvalue weighted by Gasteiger charge is 2.26. The largest absolute Gasteiger partial charge is 0.411 e. The third-order valence-corrected chi connectivity index (χ3v) is 8.10. The maximum atomic E-state index is 12.8. The Hall–Kier alpha value is -2.27. The van der Waals surface area contributed by atoms with Gasteiger partial charge in [-0.1, -0.05) is 29.8 Å². The number of halogens is 1. The van der Waals surface area contributed by atoms with Gasteiger partial charge in [0, 0.05) is 29.5 Å². The van der Waals surface area contributed by atoms with Gasteiger partial charge in [-0.3, -0.25) is 4.79 Å². The summed E-state index contributed by atoms with van der Waals surface area (Å²) < 4.78 is 33.8. The number of benzene rings is 1. The van der Waals surface area contributed by atoms with E-state index in [0.717, 1.165) is 19.3 Å². The quantitative estimate of drug-likeness (QED) is 0.574. The van der Waals surface area contributed by atoms with Gasteiger partial charge in [0.2, 0.25) is 10.0 Å². The van der Waals surface area contributed by atoms with Gasteiger partial charge < -0.3 is 9.32 Å². The molecule has 0 atom stereocenters. The number of sulfonamides is 1. The molecule has 31 heavy (non-hydrogen) atoms. The van der Waals surface area contributed by atoms with Crippen molar-refractivity contribution >= 4 is 38.9 Å². The lowest BCUT2D eigenvalue weighted by Gasteiger charge is -2.24. The molecule has 0 spiro atoms. The molecule has 1 saturated heterocycles. The molecule has 0 unspecified atom stereocenters. The Morgan fingerprint density at radius 1 is 1.23 bits per heavy atom. The number of carbonyl (C=O) groups excluding carboxylic acids is 1. The lowest BCUT2D eigenvalue weighted by atomic mass is 10.1. The van der Waals surface area contributed by atoms with Crippen LogP contribution in [-0.4, -0.2) is 42.5 Å². The van der Waals surface area contributed by atoms with Crippen LogP contribution in [0.4, 0.5) is 0 Å². The van der Waals surface area contributed by atoms with E-state index in [1.54, 1.807) is 36.1 Å². The maximum absolute atomic E-state index is 12.8. The van der Waals surface area contributed by atoms with Crippen LogP contribution in [-0.2, 0) is 16.6 Å². The van der Waals surface area contributed by atoms with Crippen molar-refractivity contribution in [2.24, 2.45) is 0 Å². The molecule has 4 rings (SSSR count). The SMILES string of the molecule is Cc1sc(-c2nnc(C(=O)N3CCCCC3)o2)cc1S(=O)(=O)NCc1ccccc1Cl. The summed E-state index contributed by atoms with van der Waals surface area (Å²) in [6.07, 6.45) is 3.02. The van der Waals surface area contributed by atoms with Crippen LogP contribution in [0.3, 0.4) is 0 Å². The molecule has 1 aromatic carbocycles. The van der Waals surface area contributed by atoms with Gasteiger partial charge in [-0.25, -0.2) is 13.1 Å². The summed E-state index contributed by atoms with van der Waals surface area (Å²) >= 11 is 7.32. The van der Waals surface area contributed by atoms with Crippen LogP contribution in [0.5, 0.6) is 0 Å². The fourth-order valence-electron chi connectivity index (χ4n) is 3.37. The maximum Gasteiger partial charge on any atom is 0.311 e. The first kappa shape index (κ1) is 21.9. The van der Waals surface area contributed by atoms with Crippen LogP contribution in [0, 0.1) is 6.92 Å². The number of likely N-dealkylation sites (tertiary alicyclic amines) is 1. The Morgan fingerprint density at radius 2 is 1.97 bits per heavy atom. The van der Waals surface area contributed by atoms with Crippen molar-refractivity contribution in [3.8, 4) is 10.8 Å². The van der Waals surface area contributed by atoms with E-state index in [2.05, 4.69) is 14.9 Å². The molecule has 1 amide bonds. The van der Waals surface area contributed by atoms with E-state index in [1.165, 1.54) is 17.4 Å². The topological polar surface area (TPSA) is 105 Å². The average Bonchev–Trinajstić information content (AvgIpc) is 3.40. The molecule has 8 nitrogen and oxygen atoms in total. The number of aromatic nitrogens is 2. The van der Waals surface area contributed by atoms with Crippen LogP contribution in [0.15, 0.2) is 39.6 Å². The Kier molecular flexibility index (Phi) is 6.42. The summed E-state index contributed by atoms with van der Waals surface area (Å²) in [6, 6.07) is 8.53. The van der Waals surface area contributed by atoms with Crippen molar-refractivity contribution in [1.82, 2.24) is 19.8 Å². The predicted octanol–water partition coefficient (Wildman–Crippen LogP) is 3.86. The zero-order valence-electron chi connectivity index (χ0n) is 16.8. The summed E-state index contributed by atoms with van der Waals surface area (Å²) in [6.45, 7) is 3.12. The van der Waals surface area contributed by atoms with E-state index < -0.39 is 10.0 Å². The van der Waals surface area contributed by atoms with Crippen molar-refractivity contribution < 1.29 is 17.6 Å². The second kappa shape index (κ2) is 9.07. The van der Waals surface area contributed by atoms with Gasteiger partial charge in [0.05, 0.1) is 9.77 Å². The molecular weight excluding hydrogens is 460 g/mol. The molecule has 0 radical (unpaired) electrons. The molecule has 0 aliphatic carbocycles. The van der Waals surface area contributed by atoms with Crippen LogP contribution in [0.2, 0.25) is 5.02 Å². The molecule has 11 heteroatoms. The molecule has 1 N–H and O–H groups in total. The van der Waals surface area contributed by atoms with E-state index in [0.29, 0.717) is 33.4 Å². The van der Waals surface area contributed by atoms with E-state index in [-0.39, 0.29) is 29.1 Å². The normalized spacial score (nSPS) is 14.7. The number of piperidine rings is 1. The number of hydrogen-bond acceptors (Lipinski definition) is 7. The monoisotopic (exact) mass is 480 g/mol. The van der Waals surface area contributed by atoms with Crippen molar-refractivity contribution in [3.63, 3.8) is 0 Å². The summed E-state index contributed by atoms with van der Waals surface area (Å²) in [5, 5.41) is 8.32. The summed E-state index contributed by atoms with van der Waals surface area (Å²) in [4.78, 5) is 15.4. The van der Waals surface area contributed by atoms with Gasteiger partial charge in [0.1, 0.15) is 0 Å². The molecule has 3 heterocycles. The predicted molar refractivity (Wildman–Crippen MR) is 118 cm³/mol. The number of thiophene rings is 1. The zero-order chi connectivity index (χ0) is 22.0. The van der Waals surface area contributed by atoms with Crippen molar-refractivity contribution in [2.75, 3.05) is 13.1 Å². The van der Waals surface area contributed by atoms with E-state index in [9.17, 15) is 13.2 Å². The molecule has 1 aliphatic heterocycles. The van der Waals surface area contributed by atoms with Crippen LogP contribution < -0.4 is 4.72 Å². The van der Waals surface area contributed by atoms with Crippen LogP contribution in [0.25, 0.3) is 10.8 Å². The highest BCUT2D eigenvalue weighted by molar-refractivity contribution is 7.89. The number of amides is 1. The summed E-state index contributed by atoms with van der Waals surface area (Å²) in [5.41, 5.74) is 0.679. The Balaban J connectivity index is 1.51. The number of carbonyl (C=O) groups is 1. The molecule has 3 aromatic rings. The molecular formula is C20H21ClN4O4S2. The zero-order valence-corrected chi connectivity index (χ0v) is 19.2. The highest BCUT2D eigenvalue weighted by atomic mass is 35.5. The molecule has 1 aliphatic rings. The molecule has 164 valence electrons. The number of nitrogens with zero attached hydrogens (tertiary/aromatic N) is 3. The first-order valence-electron chi connectivity index (χ1n) is 9.82. The summed E-state index contributed by atoms with van der Waals surface area (Å²) in [5.74, 6) is -0.244. The smallest absolute Gasteiger partial charge is 0.311 e. The second-order valence-corrected chi connectivity index (χ2v) is 10.6. The third-order valence-electron chi connectivity index (χ3n) is 5.03. The fraction of sp³-hybridized carbons (Fsp3) is 0.350. The van der Waals surface area contributed by atoms with Gasteiger partial charge in [-0.15, -0.1) is 21.5 Å². The van der Waals surface area contributed by atoms with E-state index in [1.807, 2.05) is 0 Å². The number of rotatable bonds is 6. The van der Waals surface area contributed by atoms with Crippen molar-refractivity contribution in [1.29, 1.82) is 0 Å². The number of nitrogens with one attached hydrogen (secondary N) is 1. The lowest BCUT2D eigenvalue weighted by Crippen LogP contribution is -2.35. The Morgan fingerprint density at radius 3 is 2.71 bits per heavy atom. The lowest BCUT2D eigenvalue weighted by molar-refractivity contribution is 0.0684. The molecule has 1 fully saturated rings. The minimum atomic E-state index is -3.78. The van der Waals surface area contributed by atoms with Crippen molar-refractivity contribution in [2.45, 2.75) is 37.6 Å². The third kappa shape index (κ3) is 4.82. The fourth-order valence-corrected chi connectivity index (χ4v) is 6.09. The van der Waals surface area contributed by atoms with Crippen molar-refractivity contribution in [3.05, 3.63) is 51.7 Å². The minimum Gasteiger partial charge on any atom is -0.411 e. The van der Waals surface area contributed by atoms with Gasteiger partial charge >= 0.3 is 11.8 Å². The van der Waals surface area contributed by atoms with Gasteiger partial charge in [0.15, 0.2) is 0 Å². The van der Waals surface area contributed by atoms with Gasteiger partial charge in [-0.05, 0) is 43.9 Å². The average molecular weight is 481 g/mol. The number of hydrogen-bond donors (Lipinski definition) is 1. The molecule has 0 bridgehead atoms. The molecule has 2 aromatic heterocycles. The Labute approximate surface area is 189 Å². The minimum absolute atomic E-state index is 0.0711. The van der Waals surface area contributed by atoms with Gasteiger partial charge in [0.25, 0.3) is 5.89 Å². The van der Waals surface area contributed by atoms with E-state index in [4.69, 9.17) is 16.0 Å². The Bertz CT molecular complexity index is 1200.